The fourth-order valence-corrected chi connectivity index (χ4v) is 2.02. The third kappa shape index (κ3) is 5.19. The largest absolute Gasteiger partial charge is 0.480 e. The molecule has 0 radical (unpaired) electrons. The summed E-state index contributed by atoms with van der Waals surface area (Å²) in [5.74, 6) is -1.74. The van der Waals surface area contributed by atoms with E-state index in [1.807, 2.05) is 27.7 Å². The number of carbonyl (C=O) groups excluding carboxylic acids is 1. The molecule has 0 aromatic heterocycles. The zero-order valence-electron chi connectivity index (χ0n) is 13.0. The summed E-state index contributed by atoms with van der Waals surface area (Å²) < 4.78 is 9.70. The smallest absolute Gasteiger partial charge is 0.323 e. The lowest BCUT2D eigenvalue weighted by Gasteiger charge is -2.33. The Kier molecular flexibility index (Phi) is 11.5. The predicted octanol–water partition coefficient (Wildman–Crippen LogP) is 2.87. The molecule has 0 amide bonds. The van der Waals surface area contributed by atoms with Crippen LogP contribution in [0, 0.1) is 5.41 Å². The third-order valence-electron chi connectivity index (χ3n) is 3.11. The van der Waals surface area contributed by atoms with Gasteiger partial charge in [0.05, 0.1) is 13.2 Å². The maximum atomic E-state index is 11.5. The van der Waals surface area contributed by atoms with E-state index in [0.717, 1.165) is 0 Å². The number of hydrogen-bond acceptors (Lipinski definition) is 4. The van der Waals surface area contributed by atoms with Crippen LogP contribution in [0.15, 0.2) is 0 Å². The molecule has 1 N–H and O–H groups in total. The molecule has 19 heavy (non-hydrogen) atoms. The molecule has 1 aliphatic rings. The summed E-state index contributed by atoms with van der Waals surface area (Å²) in [5, 5.41) is 9.11. The summed E-state index contributed by atoms with van der Waals surface area (Å²) in [6.07, 6.45) is 1.79. The maximum absolute atomic E-state index is 11.5. The van der Waals surface area contributed by atoms with E-state index in [2.05, 4.69) is 4.74 Å². The molecule has 0 heterocycles. The molecule has 0 spiro atoms. The van der Waals surface area contributed by atoms with Crippen molar-refractivity contribution in [3.8, 4) is 0 Å². The van der Waals surface area contributed by atoms with Gasteiger partial charge in [0.1, 0.15) is 0 Å². The van der Waals surface area contributed by atoms with Gasteiger partial charge < -0.3 is 14.6 Å². The minimum atomic E-state index is -1.36. The van der Waals surface area contributed by atoms with Crippen molar-refractivity contribution in [2.75, 3.05) is 14.2 Å². The van der Waals surface area contributed by atoms with E-state index in [4.69, 9.17) is 9.84 Å². The molecule has 0 unspecified atom stereocenters. The van der Waals surface area contributed by atoms with E-state index >= 15 is 0 Å². The van der Waals surface area contributed by atoms with Crippen molar-refractivity contribution in [1.82, 2.24) is 0 Å². The zero-order chi connectivity index (χ0) is 15.5. The molecule has 114 valence electrons. The van der Waals surface area contributed by atoms with E-state index in [0.29, 0.717) is 12.8 Å². The molecule has 0 aromatic carbocycles. The first-order valence-corrected chi connectivity index (χ1v) is 6.91. The van der Waals surface area contributed by atoms with Crippen LogP contribution < -0.4 is 0 Å². The molecular formula is C14H28O5. The van der Waals surface area contributed by atoms with Crippen LogP contribution in [-0.2, 0) is 19.1 Å². The summed E-state index contributed by atoms with van der Waals surface area (Å²) in [6, 6.07) is 0. The quantitative estimate of drug-likeness (QED) is 0.634. The molecule has 5 nitrogen and oxygen atoms in total. The van der Waals surface area contributed by atoms with Crippen molar-refractivity contribution in [1.29, 1.82) is 0 Å². The molecular weight excluding hydrogens is 248 g/mol. The van der Waals surface area contributed by atoms with Crippen molar-refractivity contribution < 1.29 is 24.2 Å². The Bertz CT molecular complexity index is 255. The van der Waals surface area contributed by atoms with E-state index in [9.17, 15) is 9.59 Å². The van der Waals surface area contributed by atoms with Crippen LogP contribution in [0.2, 0.25) is 0 Å². The van der Waals surface area contributed by atoms with Crippen LogP contribution in [0.3, 0.4) is 0 Å². The van der Waals surface area contributed by atoms with Gasteiger partial charge in [0, 0.05) is 7.11 Å². The summed E-state index contributed by atoms with van der Waals surface area (Å²) >= 11 is 0. The number of carbonyl (C=O) groups is 2. The second kappa shape index (κ2) is 10.8. The van der Waals surface area contributed by atoms with Crippen LogP contribution in [0.25, 0.3) is 0 Å². The van der Waals surface area contributed by atoms with E-state index in [-0.39, 0.29) is 18.9 Å². The van der Waals surface area contributed by atoms with Gasteiger partial charge in [-0.15, -0.1) is 0 Å². The van der Waals surface area contributed by atoms with Gasteiger partial charge in [-0.3, -0.25) is 9.59 Å². The van der Waals surface area contributed by atoms with Gasteiger partial charge in [-0.25, -0.2) is 0 Å². The second-order valence-corrected chi connectivity index (χ2v) is 3.81. The average Bonchev–Trinajstić information content (AvgIpc) is 2.50. The lowest BCUT2D eigenvalue weighted by atomic mass is 9.73. The normalized spacial score (nSPS) is 25.1. The maximum Gasteiger partial charge on any atom is 0.323 e. The molecule has 1 aliphatic carbocycles. The van der Waals surface area contributed by atoms with Crippen LogP contribution in [0.1, 0.15) is 53.4 Å². The first-order chi connectivity index (χ1) is 9.06. The minimum Gasteiger partial charge on any atom is -0.480 e. The number of rotatable bonds is 3. The first-order valence-electron chi connectivity index (χ1n) is 6.91. The SMILES string of the molecule is CC.CC.COC(=O)C1(C(=O)O)CCC(OC)CC1. The summed E-state index contributed by atoms with van der Waals surface area (Å²) in [6.45, 7) is 8.00. The van der Waals surface area contributed by atoms with Crippen molar-refractivity contribution in [3.05, 3.63) is 0 Å². The molecule has 0 saturated heterocycles. The number of methoxy groups -OCH3 is 2. The Labute approximate surface area is 116 Å². The lowest BCUT2D eigenvalue weighted by molar-refractivity contribution is -0.171. The Balaban J connectivity index is 0. The van der Waals surface area contributed by atoms with Crippen LogP contribution in [0.4, 0.5) is 0 Å². The molecule has 1 saturated carbocycles. The van der Waals surface area contributed by atoms with Crippen molar-refractivity contribution in [3.63, 3.8) is 0 Å². The Hall–Kier alpha value is -1.10. The summed E-state index contributed by atoms with van der Waals surface area (Å²) in [5.41, 5.74) is -1.36. The standard InChI is InChI=1S/C10H16O5.2C2H6/c1-14-7-3-5-10(6-4-7,8(11)12)9(13)15-2;2*1-2/h7H,3-6H2,1-2H3,(H,11,12);2*1-2H3. The fourth-order valence-electron chi connectivity index (χ4n) is 2.02. The third-order valence-corrected chi connectivity index (χ3v) is 3.11. The predicted molar refractivity (Wildman–Crippen MR) is 74.0 cm³/mol. The highest BCUT2D eigenvalue weighted by Crippen LogP contribution is 2.38. The van der Waals surface area contributed by atoms with Crippen LogP contribution in [0.5, 0.6) is 0 Å². The highest BCUT2D eigenvalue weighted by molar-refractivity contribution is 5.99. The Morgan fingerprint density at radius 2 is 1.47 bits per heavy atom. The minimum absolute atomic E-state index is 0.0575. The van der Waals surface area contributed by atoms with Crippen molar-refractivity contribution >= 4 is 11.9 Å². The van der Waals surface area contributed by atoms with Gasteiger partial charge in [0.25, 0.3) is 0 Å². The highest BCUT2D eigenvalue weighted by Gasteiger charge is 2.49. The van der Waals surface area contributed by atoms with Crippen LogP contribution >= 0.6 is 0 Å². The first kappa shape index (κ1) is 20.2. The lowest BCUT2D eigenvalue weighted by Crippen LogP contribution is -2.44. The monoisotopic (exact) mass is 276 g/mol. The van der Waals surface area contributed by atoms with Gasteiger partial charge >= 0.3 is 11.9 Å². The number of carboxylic acid groups (broad SMARTS) is 1. The Morgan fingerprint density at radius 1 is 1.05 bits per heavy atom. The number of aliphatic carboxylic acids is 1. The summed E-state index contributed by atoms with van der Waals surface area (Å²) in [4.78, 5) is 22.6. The fraction of sp³-hybridized carbons (Fsp3) is 0.857. The number of esters is 1. The highest BCUT2D eigenvalue weighted by atomic mass is 16.5. The van der Waals surface area contributed by atoms with Gasteiger partial charge in [0.15, 0.2) is 5.41 Å². The molecule has 0 aliphatic heterocycles. The van der Waals surface area contributed by atoms with E-state index in [1.165, 1.54) is 7.11 Å². The molecule has 0 bridgehead atoms. The van der Waals surface area contributed by atoms with Crippen LogP contribution in [-0.4, -0.2) is 37.4 Å². The summed E-state index contributed by atoms with van der Waals surface area (Å²) in [7, 11) is 2.81. The molecule has 0 atom stereocenters. The van der Waals surface area contributed by atoms with Gasteiger partial charge in [-0.1, -0.05) is 27.7 Å². The van der Waals surface area contributed by atoms with Gasteiger partial charge in [-0.2, -0.15) is 0 Å². The van der Waals surface area contributed by atoms with Crippen molar-refractivity contribution in [2.45, 2.75) is 59.5 Å². The molecule has 0 aromatic rings. The van der Waals surface area contributed by atoms with Crippen molar-refractivity contribution in [2.24, 2.45) is 5.41 Å². The van der Waals surface area contributed by atoms with Gasteiger partial charge in [-0.05, 0) is 25.7 Å². The second-order valence-electron chi connectivity index (χ2n) is 3.81. The van der Waals surface area contributed by atoms with E-state index < -0.39 is 17.4 Å². The molecule has 1 fully saturated rings. The van der Waals surface area contributed by atoms with Gasteiger partial charge in [0.2, 0.25) is 0 Å². The number of carboxylic acids is 1. The molecule has 5 heteroatoms. The number of ether oxygens (including phenoxy) is 2. The number of hydrogen-bond donors (Lipinski definition) is 1. The molecule has 1 rings (SSSR count). The van der Waals surface area contributed by atoms with E-state index in [1.54, 1.807) is 7.11 Å². The zero-order valence-corrected chi connectivity index (χ0v) is 13.0. The average molecular weight is 276 g/mol. The topological polar surface area (TPSA) is 72.8 Å². The Morgan fingerprint density at radius 3 is 1.74 bits per heavy atom.